The van der Waals surface area contributed by atoms with E-state index in [0.717, 1.165) is 39.2 Å². The SMILES string of the molecule is c1ccc2c(c1)Sc1cccc3c4c5ccccc5n(-c5ccc(-c6nc(-c7ccc8sc9ccccc9c8c7)c7ccccc7n6)cc5)c4n-2c13. The molecule has 6 heteroatoms. The quantitative estimate of drug-likeness (QED) is 0.184. The summed E-state index contributed by atoms with van der Waals surface area (Å²) in [6, 6.07) is 56.8. The molecular formula is C46H26N4S2. The molecule has 0 aliphatic carbocycles. The minimum atomic E-state index is 0.720. The highest BCUT2D eigenvalue weighted by atomic mass is 32.2. The number of benzene rings is 7. The predicted octanol–water partition coefficient (Wildman–Crippen LogP) is 12.8. The van der Waals surface area contributed by atoms with Crippen LogP contribution in [0.1, 0.15) is 0 Å². The highest BCUT2D eigenvalue weighted by Gasteiger charge is 2.27. The highest BCUT2D eigenvalue weighted by molar-refractivity contribution is 7.99. The average Bonchev–Trinajstić information content (AvgIpc) is 3.86. The van der Waals surface area contributed by atoms with Gasteiger partial charge in [-0.15, -0.1) is 11.3 Å². The summed E-state index contributed by atoms with van der Waals surface area (Å²) in [5.74, 6) is 0.720. The third-order valence-corrected chi connectivity index (χ3v) is 12.8. The van der Waals surface area contributed by atoms with Crippen LogP contribution in [0.4, 0.5) is 0 Å². The Hall–Kier alpha value is -6.21. The highest BCUT2D eigenvalue weighted by Crippen LogP contribution is 2.49. The van der Waals surface area contributed by atoms with Gasteiger partial charge in [0.1, 0.15) is 5.65 Å². The number of hydrogen-bond acceptors (Lipinski definition) is 4. The van der Waals surface area contributed by atoms with Gasteiger partial charge in [0.15, 0.2) is 5.82 Å². The summed E-state index contributed by atoms with van der Waals surface area (Å²) in [6.45, 7) is 0. The number of rotatable bonds is 3. The smallest absolute Gasteiger partial charge is 0.160 e. The Kier molecular flexibility index (Phi) is 5.84. The van der Waals surface area contributed by atoms with Gasteiger partial charge in [0.05, 0.1) is 27.9 Å². The Morgan fingerprint density at radius 2 is 1.19 bits per heavy atom. The van der Waals surface area contributed by atoms with Crippen LogP contribution in [0.15, 0.2) is 168 Å². The molecule has 0 saturated carbocycles. The van der Waals surface area contributed by atoms with Crippen molar-refractivity contribution >= 4 is 87.0 Å². The lowest BCUT2D eigenvalue weighted by Gasteiger charge is -2.21. The van der Waals surface area contributed by atoms with Gasteiger partial charge in [-0.2, -0.15) is 0 Å². The molecule has 7 aromatic carbocycles. The number of nitrogens with zero attached hydrogens (tertiary/aromatic N) is 4. The van der Waals surface area contributed by atoms with Gasteiger partial charge >= 0.3 is 0 Å². The summed E-state index contributed by atoms with van der Waals surface area (Å²) in [7, 11) is 0. The lowest BCUT2D eigenvalue weighted by atomic mass is 10.0. The number of thiophene rings is 1. The lowest BCUT2D eigenvalue weighted by Crippen LogP contribution is -2.05. The van der Waals surface area contributed by atoms with Crippen LogP contribution in [0.25, 0.3) is 97.9 Å². The van der Waals surface area contributed by atoms with E-state index in [4.69, 9.17) is 9.97 Å². The van der Waals surface area contributed by atoms with E-state index < -0.39 is 0 Å². The molecule has 11 aromatic rings. The molecule has 0 N–H and O–H groups in total. The van der Waals surface area contributed by atoms with Crippen molar-refractivity contribution in [3.63, 3.8) is 0 Å². The lowest BCUT2D eigenvalue weighted by molar-refractivity contribution is 1.03. The van der Waals surface area contributed by atoms with E-state index in [-0.39, 0.29) is 0 Å². The van der Waals surface area contributed by atoms with Crippen molar-refractivity contribution in [2.45, 2.75) is 9.79 Å². The molecule has 1 aliphatic rings. The molecule has 0 amide bonds. The van der Waals surface area contributed by atoms with Gasteiger partial charge in [-0.25, -0.2) is 9.97 Å². The Balaban J connectivity index is 1.05. The first-order valence-electron chi connectivity index (χ1n) is 17.4. The van der Waals surface area contributed by atoms with Crippen molar-refractivity contribution in [1.82, 2.24) is 19.1 Å². The van der Waals surface area contributed by atoms with E-state index in [0.29, 0.717) is 0 Å². The Labute approximate surface area is 306 Å². The number of hydrogen-bond donors (Lipinski definition) is 0. The second kappa shape index (κ2) is 10.7. The van der Waals surface area contributed by atoms with Crippen molar-refractivity contribution < 1.29 is 0 Å². The van der Waals surface area contributed by atoms with E-state index in [1.807, 2.05) is 23.1 Å². The van der Waals surface area contributed by atoms with Crippen LogP contribution in [-0.2, 0) is 0 Å². The number of para-hydroxylation sites is 4. The minimum absolute atomic E-state index is 0.720. The summed E-state index contributed by atoms with van der Waals surface area (Å²) in [5.41, 5.74) is 9.93. The van der Waals surface area contributed by atoms with Gasteiger partial charge in [0, 0.05) is 68.3 Å². The molecule has 52 heavy (non-hydrogen) atoms. The van der Waals surface area contributed by atoms with Crippen LogP contribution in [0.3, 0.4) is 0 Å². The standard InChI is InChI=1S/C46H26N4S2/c1-4-14-35-31(11-1)43(28-22-25-39-34(26-28)30-10-3-7-17-38(30)51-39)48-45(47-35)27-20-23-29(24-21-27)49-36-15-5-2-12-32(36)42-33-13-9-19-41-44(33)50(46(42)49)37-16-6-8-18-40(37)52-41/h1-26H. The van der Waals surface area contributed by atoms with Crippen molar-refractivity contribution in [3.05, 3.63) is 158 Å². The first kappa shape index (κ1) is 28.5. The topological polar surface area (TPSA) is 35.6 Å². The van der Waals surface area contributed by atoms with Gasteiger partial charge < -0.3 is 0 Å². The molecule has 242 valence electrons. The summed E-state index contributed by atoms with van der Waals surface area (Å²) < 4.78 is 7.50. The Bertz CT molecular complexity index is 3270. The minimum Gasteiger partial charge on any atom is -0.295 e. The molecular weight excluding hydrogens is 673 g/mol. The molecule has 0 radical (unpaired) electrons. The summed E-state index contributed by atoms with van der Waals surface area (Å²) in [6.07, 6.45) is 0. The monoisotopic (exact) mass is 698 g/mol. The fourth-order valence-electron chi connectivity index (χ4n) is 8.25. The van der Waals surface area contributed by atoms with Gasteiger partial charge in [-0.1, -0.05) is 96.7 Å². The molecule has 0 spiro atoms. The first-order valence-corrected chi connectivity index (χ1v) is 19.0. The molecule has 0 atom stereocenters. The van der Waals surface area contributed by atoms with Crippen molar-refractivity contribution in [1.29, 1.82) is 0 Å². The van der Waals surface area contributed by atoms with Crippen molar-refractivity contribution in [2.75, 3.05) is 0 Å². The van der Waals surface area contributed by atoms with E-state index >= 15 is 0 Å². The normalized spacial score (nSPS) is 12.5. The zero-order valence-corrected chi connectivity index (χ0v) is 29.2. The third-order valence-electron chi connectivity index (χ3n) is 10.5. The van der Waals surface area contributed by atoms with E-state index in [2.05, 4.69) is 167 Å². The van der Waals surface area contributed by atoms with Crippen LogP contribution >= 0.6 is 23.1 Å². The molecule has 0 fully saturated rings. The van der Waals surface area contributed by atoms with Gasteiger partial charge in [0.2, 0.25) is 0 Å². The second-order valence-electron chi connectivity index (χ2n) is 13.4. The molecule has 4 aromatic heterocycles. The van der Waals surface area contributed by atoms with Crippen LogP contribution in [0.5, 0.6) is 0 Å². The van der Waals surface area contributed by atoms with Crippen molar-refractivity contribution in [3.8, 4) is 34.0 Å². The van der Waals surface area contributed by atoms with Gasteiger partial charge in [0.25, 0.3) is 0 Å². The second-order valence-corrected chi connectivity index (χ2v) is 15.5. The zero-order valence-electron chi connectivity index (χ0n) is 27.6. The van der Waals surface area contributed by atoms with Crippen LogP contribution in [-0.4, -0.2) is 19.1 Å². The third kappa shape index (κ3) is 3.93. The van der Waals surface area contributed by atoms with E-state index in [9.17, 15) is 0 Å². The van der Waals surface area contributed by atoms with E-state index in [1.165, 1.54) is 68.5 Å². The fraction of sp³-hybridized carbons (Fsp3) is 0. The first-order chi connectivity index (χ1) is 25.8. The maximum Gasteiger partial charge on any atom is 0.160 e. The molecule has 12 rings (SSSR count). The number of fused-ring (bicyclic) bond motifs is 11. The van der Waals surface area contributed by atoms with Crippen molar-refractivity contribution in [2.24, 2.45) is 0 Å². The largest absolute Gasteiger partial charge is 0.295 e. The number of aromatic nitrogens is 4. The van der Waals surface area contributed by atoms with Crippen LogP contribution in [0, 0.1) is 0 Å². The predicted molar refractivity (Wildman–Crippen MR) is 219 cm³/mol. The summed E-state index contributed by atoms with van der Waals surface area (Å²) >= 11 is 3.70. The molecule has 4 nitrogen and oxygen atoms in total. The zero-order chi connectivity index (χ0) is 33.9. The van der Waals surface area contributed by atoms with Gasteiger partial charge in [-0.3, -0.25) is 9.13 Å². The summed E-state index contributed by atoms with van der Waals surface area (Å²) in [5, 5.41) is 7.43. The van der Waals surface area contributed by atoms with Crippen LogP contribution in [0.2, 0.25) is 0 Å². The van der Waals surface area contributed by atoms with Gasteiger partial charge in [-0.05, 0) is 72.8 Å². The van der Waals surface area contributed by atoms with E-state index in [1.54, 1.807) is 0 Å². The molecule has 0 saturated heterocycles. The molecule has 0 bridgehead atoms. The Morgan fingerprint density at radius 3 is 2.12 bits per heavy atom. The molecule has 0 unspecified atom stereocenters. The molecule has 1 aliphatic heterocycles. The van der Waals surface area contributed by atoms with Crippen LogP contribution < -0.4 is 0 Å². The summed E-state index contributed by atoms with van der Waals surface area (Å²) in [4.78, 5) is 12.9. The Morgan fingerprint density at radius 1 is 0.481 bits per heavy atom. The average molecular weight is 699 g/mol. The fourth-order valence-corrected chi connectivity index (χ4v) is 10.4. The maximum atomic E-state index is 5.28. The maximum absolute atomic E-state index is 5.28. The molecule has 5 heterocycles.